The molecule has 0 aliphatic carbocycles. The molecule has 0 radical (unpaired) electrons. The number of amides is 1. The van der Waals surface area contributed by atoms with Gasteiger partial charge in [0, 0.05) is 48.5 Å². The number of hydrogen-bond acceptors (Lipinski definition) is 3. The lowest BCUT2D eigenvalue weighted by Crippen LogP contribution is -2.48. The highest BCUT2D eigenvalue weighted by Gasteiger charge is 2.20. The minimum Gasteiger partial charge on any atom is -0.325 e. The number of hydrogen-bond donors (Lipinski definition) is 1. The molecule has 144 valence electrons. The number of carbonyl (C=O) groups is 1. The Morgan fingerprint density at radius 1 is 1.07 bits per heavy atom. The molecule has 1 amide bonds. The summed E-state index contributed by atoms with van der Waals surface area (Å²) in [5, 5.41) is 4.02. The molecule has 0 spiro atoms. The summed E-state index contributed by atoms with van der Waals surface area (Å²) < 4.78 is 13.2. The van der Waals surface area contributed by atoms with E-state index in [-0.39, 0.29) is 11.7 Å². The smallest absolute Gasteiger partial charge is 0.238 e. The van der Waals surface area contributed by atoms with Gasteiger partial charge in [-0.2, -0.15) is 0 Å². The third kappa shape index (κ3) is 5.42. The van der Waals surface area contributed by atoms with E-state index in [2.05, 4.69) is 15.1 Å². The van der Waals surface area contributed by atoms with Gasteiger partial charge in [-0.1, -0.05) is 35.3 Å². The number of piperazine rings is 1. The van der Waals surface area contributed by atoms with Crippen molar-refractivity contribution in [1.29, 1.82) is 0 Å². The number of nitrogens with one attached hydrogen (secondary N) is 1. The highest BCUT2D eigenvalue weighted by atomic mass is 35.5. The Balaban J connectivity index is 1.47. The van der Waals surface area contributed by atoms with E-state index < -0.39 is 0 Å². The molecule has 2 aromatic rings. The zero-order valence-electron chi connectivity index (χ0n) is 15.1. The topological polar surface area (TPSA) is 35.6 Å². The maximum absolute atomic E-state index is 13.2. The summed E-state index contributed by atoms with van der Waals surface area (Å²) >= 11 is 12.2. The number of anilines is 1. The minimum atomic E-state index is -0.325. The Bertz CT molecular complexity index is 823. The molecule has 2 aromatic carbocycles. The first-order valence-corrected chi connectivity index (χ1v) is 9.61. The molecule has 0 aromatic heterocycles. The Kier molecular flexibility index (Phi) is 6.71. The third-order valence-corrected chi connectivity index (χ3v) is 5.54. The highest BCUT2D eigenvalue weighted by molar-refractivity contribution is 6.32. The zero-order valence-corrected chi connectivity index (χ0v) is 16.7. The van der Waals surface area contributed by atoms with E-state index in [0.717, 1.165) is 43.0 Å². The molecule has 1 fully saturated rings. The fourth-order valence-electron chi connectivity index (χ4n) is 3.13. The summed E-state index contributed by atoms with van der Waals surface area (Å²) in [6, 6.07) is 9.98. The van der Waals surface area contributed by atoms with E-state index in [1.165, 1.54) is 12.1 Å². The number of nitrogens with zero attached hydrogens (tertiary/aromatic N) is 2. The van der Waals surface area contributed by atoms with Crippen LogP contribution in [0.25, 0.3) is 0 Å². The molecule has 7 heteroatoms. The summed E-state index contributed by atoms with van der Waals surface area (Å²) in [4.78, 5) is 16.7. The standard InChI is InChI=1S/C20H22Cl2FN3O/c1-14-17(21)3-2-4-19(14)24-20(27)13-26-9-7-25(8-10-26)12-15-5-6-16(23)11-18(15)22/h2-6,11H,7-10,12-13H2,1H3,(H,24,27). The van der Waals surface area contributed by atoms with Gasteiger partial charge in [-0.15, -0.1) is 0 Å². The number of rotatable bonds is 5. The minimum absolute atomic E-state index is 0.0459. The number of halogens is 3. The van der Waals surface area contributed by atoms with Crippen LogP contribution < -0.4 is 5.32 Å². The summed E-state index contributed by atoms with van der Waals surface area (Å²) in [6.07, 6.45) is 0. The van der Waals surface area contributed by atoms with Crippen molar-refractivity contribution < 1.29 is 9.18 Å². The largest absolute Gasteiger partial charge is 0.325 e. The lowest BCUT2D eigenvalue weighted by molar-refractivity contribution is -0.117. The van der Waals surface area contributed by atoms with Crippen LogP contribution in [0.1, 0.15) is 11.1 Å². The highest BCUT2D eigenvalue weighted by Crippen LogP contribution is 2.23. The van der Waals surface area contributed by atoms with Crippen LogP contribution in [0.3, 0.4) is 0 Å². The van der Waals surface area contributed by atoms with Crippen molar-refractivity contribution in [2.75, 3.05) is 38.0 Å². The molecule has 27 heavy (non-hydrogen) atoms. The van der Waals surface area contributed by atoms with Gasteiger partial charge in [0.15, 0.2) is 0 Å². The molecule has 1 heterocycles. The van der Waals surface area contributed by atoms with Crippen molar-refractivity contribution in [2.45, 2.75) is 13.5 Å². The first-order valence-electron chi connectivity index (χ1n) is 8.86. The first kappa shape index (κ1) is 20.1. The molecular weight excluding hydrogens is 388 g/mol. The summed E-state index contributed by atoms with van der Waals surface area (Å²) in [6.45, 7) is 6.16. The normalized spacial score (nSPS) is 15.7. The second-order valence-corrected chi connectivity index (χ2v) is 7.56. The van der Waals surface area contributed by atoms with Gasteiger partial charge in [-0.25, -0.2) is 4.39 Å². The maximum Gasteiger partial charge on any atom is 0.238 e. The van der Waals surface area contributed by atoms with Gasteiger partial charge in [-0.3, -0.25) is 14.6 Å². The van der Waals surface area contributed by atoms with E-state index in [0.29, 0.717) is 23.1 Å². The van der Waals surface area contributed by atoms with Crippen LogP contribution in [0.2, 0.25) is 10.0 Å². The van der Waals surface area contributed by atoms with E-state index >= 15 is 0 Å². The van der Waals surface area contributed by atoms with Gasteiger partial charge >= 0.3 is 0 Å². The maximum atomic E-state index is 13.2. The summed E-state index contributed by atoms with van der Waals surface area (Å²) in [5.74, 6) is -0.370. The van der Waals surface area contributed by atoms with Gasteiger partial charge in [-0.05, 0) is 42.3 Å². The van der Waals surface area contributed by atoms with Crippen LogP contribution in [0.15, 0.2) is 36.4 Å². The lowest BCUT2D eigenvalue weighted by Gasteiger charge is -2.34. The molecule has 0 unspecified atom stereocenters. The predicted molar refractivity (Wildman–Crippen MR) is 108 cm³/mol. The SMILES string of the molecule is Cc1c(Cl)cccc1NC(=O)CN1CCN(Cc2ccc(F)cc2Cl)CC1. The summed E-state index contributed by atoms with van der Waals surface area (Å²) in [5.41, 5.74) is 2.53. The van der Waals surface area contributed by atoms with Crippen molar-refractivity contribution in [3.63, 3.8) is 0 Å². The fourth-order valence-corrected chi connectivity index (χ4v) is 3.53. The van der Waals surface area contributed by atoms with E-state index in [9.17, 15) is 9.18 Å². The van der Waals surface area contributed by atoms with Crippen molar-refractivity contribution in [2.24, 2.45) is 0 Å². The first-order chi connectivity index (χ1) is 12.9. The average Bonchev–Trinajstić information content (AvgIpc) is 2.63. The quantitative estimate of drug-likeness (QED) is 0.803. The van der Waals surface area contributed by atoms with Gasteiger partial charge < -0.3 is 5.32 Å². The monoisotopic (exact) mass is 409 g/mol. The fraction of sp³-hybridized carbons (Fsp3) is 0.350. The molecule has 1 aliphatic heterocycles. The van der Waals surface area contributed by atoms with Crippen molar-refractivity contribution in [1.82, 2.24) is 9.80 Å². The molecule has 0 bridgehead atoms. The Morgan fingerprint density at radius 2 is 1.78 bits per heavy atom. The molecule has 0 atom stereocenters. The second kappa shape index (κ2) is 9.02. The number of benzene rings is 2. The molecule has 1 aliphatic rings. The molecule has 4 nitrogen and oxygen atoms in total. The Morgan fingerprint density at radius 3 is 2.48 bits per heavy atom. The van der Waals surface area contributed by atoms with Gasteiger partial charge in [0.05, 0.1) is 6.54 Å². The zero-order chi connectivity index (χ0) is 19.4. The van der Waals surface area contributed by atoms with Crippen LogP contribution >= 0.6 is 23.2 Å². The van der Waals surface area contributed by atoms with E-state index in [1.54, 1.807) is 12.1 Å². The lowest BCUT2D eigenvalue weighted by atomic mass is 10.2. The molecule has 3 rings (SSSR count). The average molecular weight is 410 g/mol. The van der Waals surface area contributed by atoms with Crippen LogP contribution in [0.4, 0.5) is 10.1 Å². The molecular formula is C20H22Cl2FN3O. The molecule has 0 saturated carbocycles. The predicted octanol–water partition coefficient (Wildman–Crippen LogP) is 4.20. The van der Waals surface area contributed by atoms with Crippen molar-refractivity contribution in [3.8, 4) is 0 Å². The van der Waals surface area contributed by atoms with Crippen molar-refractivity contribution in [3.05, 3.63) is 63.4 Å². The van der Waals surface area contributed by atoms with Gasteiger partial charge in [0.2, 0.25) is 5.91 Å². The van der Waals surface area contributed by atoms with E-state index in [1.807, 2.05) is 19.1 Å². The Hall–Kier alpha value is -1.66. The van der Waals surface area contributed by atoms with Crippen LogP contribution in [0, 0.1) is 12.7 Å². The van der Waals surface area contributed by atoms with Gasteiger partial charge in [0.25, 0.3) is 0 Å². The van der Waals surface area contributed by atoms with Crippen LogP contribution in [0.5, 0.6) is 0 Å². The second-order valence-electron chi connectivity index (χ2n) is 6.75. The molecule has 1 N–H and O–H groups in total. The van der Waals surface area contributed by atoms with Crippen molar-refractivity contribution >= 4 is 34.8 Å². The summed E-state index contributed by atoms with van der Waals surface area (Å²) in [7, 11) is 0. The van der Waals surface area contributed by atoms with Crippen LogP contribution in [-0.2, 0) is 11.3 Å². The third-order valence-electron chi connectivity index (χ3n) is 4.78. The molecule has 1 saturated heterocycles. The van der Waals surface area contributed by atoms with Gasteiger partial charge in [0.1, 0.15) is 5.82 Å². The number of carbonyl (C=O) groups excluding carboxylic acids is 1. The Labute approximate surface area is 168 Å². The van der Waals surface area contributed by atoms with Crippen LogP contribution in [-0.4, -0.2) is 48.4 Å². The van der Waals surface area contributed by atoms with E-state index in [4.69, 9.17) is 23.2 Å².